The number of hydrogen-bond donors (Lipinski definition) is 2. The molecule has 2 fully saturated rings. The van der Waals surface area contributed by atoms with Crippen LogP contribution >= 0.6 is 15.9 Å². The van der Waals surface area contributed by atoms with Crippen molar-refractivity contribution in [2.24, 2.45) is 22.0 Å². The Labute approximate surface area is 405 Å². The molecule has 6 heterocycles. The molecule has 68 heavy (non-hydrogen) atoms. The van der Waals surface area contributed by atoms with Crippen LogP contribution in [0.4, 0.5) is 25.4 Å². The molecule has 0 aromatic heterocycles. The molecule has 0 radical (unpaired) electrons. The predicted molar refractivity (Wildman–Crippen MR) is 261 cm³/mol. The lowest BCUT2D eigenvalue weighted by Crippen LogP contribution is -2.55. The largest absolute Gasteiger partial charge is 0.483 e. The number of hydrazone groups is 2. The number of nitrogens with one attached hydrogen (secondary N) is 2. The fraction of sp³-hybridized carbons (Fsp3) is 0.520. The van der Waals surface area contributed by atoms with E-state index in [9.17, 15) is 19.2 Å². The van der Waals surface area contributed by atoms with Gasteiger partial charge in [0, 0.05) is 36.2 Å². The fourth-order valence-electron chi connectivity index (χ4n) is 9.85. The Hall–Kier alpha value is -5.91. The molecular formula is C50H62BrFN8O8. The summed E-state index contributed by atoms with van der Waals surface area (Å²) in [6.45, 7) is 22.0. The van der Waals surface area contributed by atoms with Crippen molar-refractivity contribution in [2.45, 2.75) is 117 Å². The molecule has 0 saturated carbocycles. The average molecular weight is 1000 g/mol. The number of nitrogens with zero attached hydrogens (tertiary/aromatic N) is 6. The maximum Gasteiger partial charge on any atom is 0.410 e. The van der Waals surface area contributed by atoms with Gasteiger partial charge in [-0.2, -0.15) is 10.2 Å². The Morgan fingerprint density at radius 2 is 1.15 bits per heavy atom. The number of halogens is 2. The third-order valence-electron chi connectivity index (χ3n) is 13.2. The Bertz CT molecular complexity index is 2560. The molecule has 3 aromatic rings. The van der Waals surface area contributed by atoms with E-state index >= 15 is 4.39 Å². The first-order chi connectivity index (χ1) is 32.1. The van der Waals surface area contributed by atoms with Gasteiger partial charge in [0.2, 0.25) is 0 Å². The van der Waals surface area contributed by atoms with E-state index in [2.05, 4.69) is 56.9 Å². The van der Waals surface area contributed by atoms with Crippen molar-refractivity contribution in [1.82, 2.24) is 20.7 Å². The van der Waals surface area contributed by atoms with Gasteiger partial charge in [-0.15, -0.1) is 0 Å². The van der Waals surface area contributed by atoms with Gasteiger partial charge < -0.3 is 38.5 Å². The maximum atomic E-state index is 15.1. The van der Waals surface area contributed by atoms with Crippen LogP contribution in [0.25, 0.3) is 11.1 Å². The van der Waals surface area contributed by atoms with Crippen molar-refractivity contribution < 1.29 is 42.5 Å². The Morgan fingerprint density at radius 3 is 1.62 bits per heavy atom. The highest BCUT2D eigenvalue weighted by molar-refractivity contribution is 9.10. The maximum absolute atomic E-state index is 15.1. The number of anilines is 2. The fourth-order valence-corrected chi connectivity index (χ4v) is 10.5. The van der Waals surface area contributed by atoms with Gasteiger partial charge in [-0.1, -0.05) is 48.0 Å². The Balaban J connectivity index is 0.000000187. The second-order valence-electron chi connectivity index (χ2n) is 20.5. The van der Waals surface area contributed by atoms with E-state index in [1.165, 1.54) is 6.07 Å². The molecule has 6 aliphatic rings. The van der Waals surface area contributed by atoms with Gasteiger partial charge in [0.15, 0.2) is 11.7 Å². The van der Waals surface area contributed by atoms with Gasteiger partial charge in [0.1, 0.15) is 53.8 Å². The van der Waals surface area contributed by atoms with E-state index in [-0.39, 0.29) is 66.1 Å². The van der Waals surface area contributed by atoms with Gasteiger partial charge in [-0.3, -0.25) is 9.59 Å². The lowest BCUT2D eigenvalue weighted by molar-refractivity contribution is -0.123. The van der Waals surface area contributed by atoms with Crippen molar-refractivity contribution in [3.8, 4) is 22.6 Å². The molecule has 0 spiro atoms. The van der Waals surface area contributed by atoms with Crippen molar-refractivity contribution in [3.05, 3.63) is 69.9 Å². The van der Waals surface area contributed by atoms with E-state index < -0.39 is 17.2 Å². The van der Waals surface area contributed by atoms with Crippen LogP contribution in [-0.2, 0) is 19.1 Å². The highest BCUT2D eigenvalue weighted by Gasteiger charge is 2.41. The minimum Gasteiger partial charge on any atom is -0.483 e. The number of ether oxygens (including phenoxy) is 4. The van der Waals surface area contributed by atoms with Crippen LogP contribution in [-0.4, -0.2) is 108 Å². The zero-order valence-electron chi connectivity index (χ0n) is 40.4. The minimum atomic E-state index is -0.565. The predicted octanol–water partition coefficient (Wildman–Crippen LogP) is 8.72. The summed E-state index contributed by atoms with van der Waals surface area (Å²) in [5.41, 5.74) is 9.00. The molecule has 364 valence electrons. The number of rotatable bonds is 3. The van der Waals surface area contributed by atoms with E-state index in [1.54, 1.807) is 21.9 Å². The summed E-state index contributed by atoms with van der Waals surface area (Å²) in [6.07, 6.45) is 0.943. The lowest BCUT2D eigenvalue weighted by atomic mass is 9.78. The second kappa shape index (κ2) is 18.9. The second-order valence-corrected chi connectivity index (χ2v) is 21.4. The minimum absolute atomic E-state index is 0.0508. The summed E-state index contributed by atoms with van der Waals surface area (Å²) in [6, 6.07) is 13.9. The number of piperidine rings is 2. The van der Waals surface area contributed by atoms with Crippen LogP contribution < -0.4 is 30.1 Å². The van der Waals surface area contributed by atoms with E-state index in [4.69, 9.17) is 18.9 Å². The van der Waals surface area contributed by atoms with E-state index in [0.29, 0.717) is 62.2 Å². The third kappa shape index (κ3) is 9.97. The van der Waals surface area contributed by atoms with Crippen LogP contribution in [0, 0.1) is 17.7 Å². The molecule has 16 nitrogen and oxygen atoms in total. The number of benzene rings is 3. The molecule has 2 N–H and O–H groups in total. The SMILES string of the molecule is C[C@@H]1CN(C(=O)OC(C)(C)C)CC[C@@H]1c1cc2c(cc1-c1ccccc1F)OCC1=NNC(=O)[C@@H](C)N12.C[C@@H]1CN(C(=O)OC(C)(C)C)CC[C@@H]1c1cc2c(cc1Br)OCC1=NNC(=O)[C@@H](C)N12. The molecular weight excluding hydrogens is 939 g/mol. The number of hydrogen-bond acceptors (Lipinski definition) is 12. The molecule has 18 heteroatoms. The van der Waals surface area contributed by atoms with Crippen LogP contribution in [0.2, 0.25) is 0 Å². The first-order valence-electron chi connectivity index (χ1n) is 23.4. The number of amidine groups is 2. The number of amides is 4. The molecule has 2 saturated heterocycles. The first kappa shape index (κ1) is 48.5. The quantitative estimate of drug-likeness (QED) is 0.259. The van der Waals surface area contributed by atoms with E-state index in [1.807, 2.05) is 89.5 Å². The van der Waals surface area contributed by atoms with E-state index in [0.717, 1.165) is 44.7 Å². The number of carbonyl (C=O) groups is 4. The summed E-state index contributed by atoms with van der Waals surface area (Å²) >= 11 is 3.72. The third-order valence-corrected chi connectivity index (χ3v) is 13.9. The number of likely N-dealkylation sites (tertiary alicyclic amines) is 2. The molecule has 6 atom stereocenters. The van der Waals surface area contributed by atoms with Crippen LogP contribution in [0.15, 0.2) is 63.2 Å². The first-order valence-corrected chi connectivity index (χ1v) is 24.2. The zero-order valence-corrected chi connectivity index (χ0v) is 42.0. The van der Waals surface area contributed by atoms with Crippen LogP contribution in [0.3, 0.4) is 0 Å². The molecule has 9 rings (SSSR count). The molecule has 4 amide bonds. The highest BCUT2D eigenvalue weighted by Crippen LogP contribution is 2.47. The monoisotopic (exact) mass is 1000 g/mol. The Morgan fingerprint density at radius 1 is 0.691 bits per heavy atom. The normalized spacial score (nSPS) is 24.4. The zero-order chi connectivity index (χ0) is 49.0. The van der Waals surface area contributed by atoms with Gasteiger partial charge in [0.05, 0.1) is 11.4 Å². The van der Waals surface area contributed by atoms with Gasteiger partial charge in [0.25, 0.3) is 11.8 Å². The van der Waals surface area contributed by atoms with Crippen LogP contribution in [0.5, 0.6) is 11.5 Å². The molecule has 3 aromatic carbocycles. The van der Waals surface area contributed by atoms with Gasteiger partial charge >= 0.3 is 12.2 Å². The molecule has 0 aliphatic carbocycles. The molecule has 0 unspecified atom stereocenters. The summed E-state index contributed by atoms with van der Waals surface area (Å²) in [5, 5.41) is 8.36. The average Bonchev–Trinajstić information content (AvgIpc) is 3.27. The summed E-state index contributed by atoms with van der Waals surface area (Å²) in [4.78, 5) is 57.3. The topological polar surface area (TPSA) is 167 Å². The molecule has 0 bridgehead atoms. The van der Waals surface area contributed by atoms with Crippen molar-refractivity contribution in [2.75, 3.05) is 49.2 Å². The van der Waals surface area contributed by atoms with Crippen molar-refractivity contribution in [3.63, 3.8) is 0 Å². The van der Waals surface area contributed by atoms with Gasteiger partial charge in [-0.25, -0.2) is 24.8 Å². The summed E-state index contributed by atoms with van der Waals surface area (Å²) < 4.78 is 39.1. The highest BCUT2D eigenvalue weighted by atomic mass is 79.9. The smallest absolute Gasteiger partial charge is 0.410 e. The number of fused-ring (bicyclic) bond motifs is 6. The molecule has 6 aliphatic heterocycles. The van der Waals surface area contributed by atoms with Gasteiger partial charge in [-0.05, 0) is 139 Å². The standard InChI is InChI=1S/C28H33FN4O4.C22H29BrN4O4/c1-16-14-32(27(35)37-28(3,4)5)11-10-18(16)20-12-23-24(13-21(20)19-8-6-7-9-22(19)29)36-15-25-30-31-26(34)17(2)33(23)25;1-12-10-26(21(29)31-22(3,4)5)7-6-14(12)15-8-17-18(9-16(15)23)30-11-19-24-25-20(28)13(2)27(17)19/h6-9,12-13,16-18H,10-11,14-15H2,1-5H3,(H,31,34);8-9,12-14H,6-7,10-11H2,1-5H3,(H,25,28)/t16-,17-,18+;12-,13-,14+/m11/s1. The van der Waals surface area contributed by atoms with Crippen LogP contribution in [0.1, 0.15) is 105 Å². The summed E-state index contributed by atoms with van der Waals surface area (Å²) in [5.74, 6) is 2.63. The van der Waals surface area contributed by atoms with Crippen molar-refractivity contribution in [1.29, 1.82) is 0 Å². The van der Waals surface area contributed by atoms with Crippen molar-refractivity contribution >= 4 is 63.0 Å². The lowest BCUT2D eigenvalue weighted by Gasteiger charge is -2.41. The Kier molecular flexibility index (Phi) is 13.5. The summed E-state index contributed by atoms with van der Waals surface area (Å²) in [7, 11) is 0. The number of carbonyl (C=O) groups excluding carboxylic acids is 4.